The Balaban J connectivity index is 1.75. The van der Waals surface area contributed by atoms with Gasteiger partial charge in [-0.05, 0) is 63.0 Å². The van der Waals surface area contributed by atoms with Crippen molar-refractivity contribution in [3.8, 4) is 0 Å². The van der Waals surface area contributed by atoms with Gasteiger partial charge in [0.05, 0.1) is 11.1 Å². The van der Waals surface area contributed by atoms with Crippen LogP contribution in [-0.2, 0) is 24.5 Å². The van der Waals surface area contributed by atoms with Crippen molar-refractivity contribution in [2.45, 2.75) is 70.0 Å². The van der Waals surface area contributed by atoms with E-state index in [2.05, 4.69) is 0 Å². The third-order valence-electron chi connectivity index (χ3n) is 5.79. The van der Waals surface area contributed by atoms with Gasteiger partial charge in [0.1, 0.15) is 0 Å². The summed E-state index contributed by atoms with van der Waals surface area (Å²) in [5, 5.41) is 9.20. The summed E-state index contributed by atoms with van der Waals surface area (Å²) in [5.41, 5.74) is 0.886. The lowest BCUT2D eigenvalue weighted by Gasteiger charge is -2.29. The van der Waals surface area contributed by atoms with Crippen molar-refractivity contribution in [1.29, 1.82) is 0 Å². The lowest BCUT2D eigenvalue weighted by Crippen LogP contribution is -2.42. The number of benzene rings is 1. The summed E-state index contributed by atoms with van der Waals surface area (Å²) in [6, 6.07) is 7.58. The number of carbonyl (C=O) groups excluding carboxylic acids is 2. The molecule has 0 spiro atoms. The molecule has 0 aromatic heterocycles. The maximum Gasteiger partial charge on any atom is 0.244 e. The average molecular weight is 389 g/mol. The number of para-hydroxylation sites is 1. The molecule has 0 radical (unpaired) electrons. The Bertz CT molecular complexity index is 685. The van der Waals surface area contributed by atoms with Crippen LogP contribution < -0.4 is 4.90 Å². The quantitative estimate of drug-likeness (QED) is 0.656. The van der Waals surface area contributed by atoms with Crippen molar-refractivity contribution in [3.05, 3.63) is 29.8 Å². The fraction of sp³-hybridized carbons (Fsp3) is 0.636. The first-order valence-electron chi connectivity index (χ1n) is 10.4. The van der Waals surface area contributed by atoms with E-state index >= 15 is 0 Å². The Kier molecular flexibility index (Phi) is 7.21. The summed E-state index contributed by atoms with van der Waals surface area (Å²) < 4.78 is 11.5. The molecule has 154 valence electrons. The van der Waals surface area contributed by atoms with Crippen LogP contribution >= 0.6 is 0 Å². The van der Waals surface area contributed by atoms with Crippen LogP contribution in [0.25, 0.3) is 0 Å². The van der Waals surface area contributed by atoms with E-state index in [4.69, 9.17) is 9.47 Å². The predicted octanol–water partition coefficient (Wildman–Crippen LogP) is 3.30. The van der Waals surface area contributed by atoms with Crippen molar-refractivity contribution < 1.29 is 24.2 Å². The molecule has 1 saturated heterocycles. The lowest BCUT2D eigenvalue weighted by atomic mass is 9.74. The van der Waals surface area contributed by atoms with Gasteiger partial charge in [-0.15, -0.1) is 0 Å². The molecule has 6 heteroatoms. The first-order chi connectivity index (χ1) is 13.6. The highest BCUT2D eigenvalue weighted by Gasteiger charge is 2.51. The highest BCUT2D eigenvalue weighted by molar-refractivity contribution is 6.22. The number of ether oxygens (including phenoxy) is 2. The molecule has 2 amide bonds. The number of aliphatic hydroxyl groups excluding tert-OH is 1. The molecule has 28 heavy (non-hydrogen) atoms. The smallest absolute Gasteiger partial charge is 0.244 e. The monoisotopic (exact) mass is 389 g/mol. The molecule has 2 heterocycles. The van der Waals surface area contributed by atoms with Gasteiger partial charge < -0.3 is 14.6 Å². The Labute approximate surface area is 166 Å². The molecule has 1 aromatic carbocycles. The summed E-state index contributed by atoms with van der Waals surface area (Å²) >= 11 is 0. The molecular weight excluding hydrogens is 358 g/mol. The van der Waals surface area contributed by atoms with E-state index in [9.17, 15) is 14.7 Å². The Morgan fingerprint density at radius 3 is 2.75 bits per heavy atom. The molecule has 0 aliphatic carbocycles. The van der Waals surface area contributed by atoms with Crippen molar-refractivity contribution in [2.24, 2.45) is 0 Å². The van der Waals surface area contributed by atoms with Gasteiger partial charge in [-0.2, -0.15) is 0 Å². The van der Waals surface area contributed by atoms with Gasteiger partial charge in [-0.1, -0.05) is 18.2 Å². The topological polar surface area (TPSA) is 76.1 Å². The molecule has 1 fully saturated rings. The SMILES string of the molecule is CC(=O)N1C(=O)C(CCCCO)(CCCOC2CCCCO2)c2ccccc21. The Morgan fingerprint density at radius 2 is 2.04 bits per heavy atom. The molecule has 1 aromatic rings. The number of anilines is 1. The highest BCUT2D eigenvalue weighted by atomic mass is 16.7. The molecule has 2 aliphatic heterocycles. The predicted molar refractivity (Wildman–Crippen MR) is 106 cm³/mol. The number of hydrogen-bond acceptors (Lipinski definition) is 5. The number of carbonyl (C=O) groups is 2. The number of hydrogen-bond donors (Lipinski definition) is 1. The van der Waals surface area contributed by atoms with Crippen LogP contribution in [0, 0.1) is 0 Å². The number of amides is 2. The number of fused-ring (bicyclic) bond motifs is 1. The van der Waals surface area contributed by atoms with E-state index < -0.39 is 5.41 Å². The number of imide groups is 1. The molecule has 6 nitrogen and oxygen atoms in total. The molecule has 2 atom stereocenters. The van der Waals surface area contributed by atoms with Crippen molar-refractivity contribution in [3.63, 3.8) is 0 Å². The zero-order chi connectivity index (χ0) is 20.0. The van der Waals surface area contributed by atoms with Crippen LogP contribution in [0.2, 0.25) is 0 Å². The maximum absolute atomic E-state index is 13.4. The van der Waals surface area contributed by atoms with Crippen LogP contribution in [0.4, 0.5) is 5.69 Å². The normalized spacial score (nSPS) is 24.4. The molecule has 2 unspecified atom stereocenters. The minimum absolute atomic E-state index is 0.102. The van der Waals surface area contributed by atoms with Crippen LogP contribution in [0.3, 0.4) is 0 Å². The largest absolute Gasteiger partial charge is 0.396 e. The van der Waals surface area contributed by atoms with E-state index in [0.717, 1.165) is 37.9 Å². The van der Waals surface area contributed by atoms with Gasteiger partial charge in [-0.25, -0.2) is 4.90 Å². The minimum atomic E-state index is -0.728. The van der Waals surface area contributed by atoms with Crippen molar-refractivity contribution in [1.82, 2.24) is 0 Å². The minimum Gasteiger partial charge on any atom is -0.396 e. The number of rotatable bonds is 9. The second-order valence-corrected chi connectivity index (χ2v) is 7.71. The zero-order valence-corrected chi connectivity index (χ0v) is 16.7. The summed E-state index contributed by atoms with van der Waals surface area (Å²) in [6.45, 7) is 2.81. The Hall–Kier alpha value is -1.76. The van der Waals surface area contributed by atoms with Crippen LogP contribution in [-0.4, -0.2) is 43.0 Å². The van der Waals surface area contributed by atoms with E-state index in [1.54, 1.807) is 0 Å². The first-order valence-corrected chi connectivity index (χ1v) is 10.4. The molecule has 2 aliphatic rings. The van der Waals surface area contributed by atoms with Crippen LogP contribution in [0.5, 0.6) is 0 Å². The molecule has 0 bridgehead atoms. The third kappa shape index (κ3) is 4.29. The highest BCUT2D eigenvalue weighted by Crippen LogP contribution is 2.47. The summed E-state index contributed by atoms with van der Waals surface area (Å²) in [5.74, 6) is -0.401. The van der Waals surface area contributed by atoms with Gasteiger partial charge in [0.25, 0.3) is 0 Å². The standard InChI is InChI=1S/C22H31NO5/c1-17(25)23-19-10-3-2-9-18(19)22(21(23)26,12-5-6-14-24)13-8-16-28-20-11-4-7-15-27-20/h2-3,9-10,20,24H,4-8,11-16H2,1H3. The van der Waals surface area contributed by atoms with Crippen LogP contribution in [0.15, 0.2) is 24.3 Å². The van der Waals surface area contributed by atoms with E-state index in [1.165, 1.54) is 11.8 Å². The number of aliphatic hydroxyl groups is 1. The summed E-state index contributed by atoms with van der Waals surface area (Å²) in [7, 11) is 0. The van der Waals surface area contributed by atoms with Gasteiger partial charge in [0, 0.05) is 26.7 Å². The summed E-state index contributed by atoms with van der Waals surface area (Å²) in [4.78, 5) is 26.9. The molecule has 0 saturated carbocycles. The third-order valence-corrected chi connectivity index (χ3v) is 5.79. The zero-order valence-electron chi connectivity index (χ0n) is 16.7. The lowest BCUT2D eigenvalue weighted by molar-refractivity contribution is -0.163. The Morgan fingerprint density at radius 1 is 1.25 bits per heavy atom. The average Bonchev–Trinajstić information content (AvgIpc) is 2.95. The number of unbranched alkanes of at least 4 members (excludes halogenated alkanes) is 1. The maximum atomic E-state index is 13.4. The molecule has 1 N–H and O–H groups in total. The van der Waals surface area contributed by atoms with E-state index in [0.29, 0.717) is 38.0 Å². The van der Waals surface area contributed by atoms with E-state index in [-0.39, 0.29) is 24.7 Å². The van der Waals surface area contributed by atoms with Crippen LogP contribution in [0.1, 0.15) is 63.9 Å². The fourth-order valence-corrected chi connectivity index (χ4v) is 4.40. The van der Waals surface area contributed by atoms with Gasteiger partial charge in [0.2, 0.25) is 11.8 Å². The second kappa shape index (κ2) is 9.63. The van der Waals surface area contributed by atoms with Gasteiger partial charge >= 0.3 is 0 Å². The summed E-state index contributed by atoms with van der Waals surface area (Å²) in [6.07, 6.45) is 6.30. The fourth-order valence-electron chi connectivity index (χ4n) is 4.40. The van der Waals surface area contributed by atoms with E-state index in [1.807, 2.05) is 24.3 Å². The number of nitrogens with zero attached hydrogens (tertiary/aromatic N) is 1. The van der Waals surface area contributed by atoms with Gasteiger partial charge in [0.15, 0.2) is 6.29 Å². The second-order valence-electron chi connectivity index (χ2n) is 7.71. The molecule has 3 rings (SSSR count). The first kappa shape index (κ1) is 21.0. The van der Waals surface area contributed by atoms with Crippen molar-refractivity contribution >= 4 is 17.5 Å². The molecular formula is C22H31NO5. The van der Waals surface area contributed by atoms with Crippen molar-refractivity contribution in [2.75, 3.05) is 24.7 Å². The van der Waals surface area contributed by atoms with Gasteiger partial charge in [-0.3, -0.25) is 9.59 Å².